The third-order valence-electron chi connectivity index (χ3n) is 3.78. The van der Waals surface area contributed by atoms with E-state index in [2.05, 4.69) is 10.3 Å². The molecule has 2 aromatic carbocycles. The molecule has 1 N–H and O–H groups in total. The number of methoxy groups -OCH3 is 1. The zero-order chi connectivity index (χ0) is 18.7. The highest BCUT2D eigenvalue weighted by atomic mass is 32.1. The van der Waals surface area contributed by atoms with Crippen molar-refractivity contribution in [3.05, 3.63) is 69.1 Å². The number of nitro groups is 1. The molecule has 0 saturated heterocycles. The molecule has 1 aromatic heterocycles. The highest BCUT2D eigenvalue weighted by Gasteiger charge is 2.17. The number of hydrogen-bond acceptors (Lipinski definition) is 6. The maximum absolute atomic E-state index is 12.5. The van der Waals surface area contributed by atoms with E-state index in [1.807, 2.05) is 29.6 Å². The van der Waals surface area contributed by atoms with Crippen LogP contribution >= 0.6 is 11.3 Å². The van der Waals surface area contributed by atoms with Crippen LogP contribution in [0.3, 0.4) is 0 Å². The molecule has 0 atom stereocenters. The highest BCUT2D eigenvalue weighted by molar-refractivity contribution is 7.14. The number of para-hydroxylation sites is 1. The number of aryl methyl sites for hydroxylation is 1. The summed E-state index contributed by atoms with van der Waals surface area (Å²) in [4.78, 5) is 27.3. The van der Waals surface area contributed by atoms with Crippen molar-refractivity contribution in [2.45, 2.75) is 6.92 Å². The number of aromatic nitrogens is 1. The Morgan fingerprint density at radius 2 is 2.04 bits per heavy atom. The van der Waals surface area contributed by atoms with Gasteiger partial charge in [0.2, 0.25) is 0 Å². The fourth-order valence-electron chi connectivity index (χ4n) is 2.44. The van der Waals surface area contributed by atoms with E-state index in [1.165, 1.54) is 23.5 Å². The molecule has 0 fully saturated rings. The molecule has 3 rings (SSSR count). The summed E-state index contributed by atoms with van der Waals surface area (Å²) in [7, 11) is 1.58. The Bertz CT molecular complexity index is 984. The molecule has 0 unspecified atom stereocenters. The van der Waals surface area contributed by atoms with Crippen molar-refractivity contribution in [2.75, 3.05) is 12.4 Å². The molecule has 0 aliphatic heterocycles. The topological polar surface area (TPSA) is 94.4 Å². The van der Waals surface area contributed by atoms with Gasteiger partial charge >= 0.3 is 0 Å². The van der Waals surface area contributed by atoms with E-state index in [4.69, 9.17) is 4.74 Å². The van der Waals surface area contributed by atoms with E-state index in [-0.39, 0.29) is 11.3 Å². The monoisotopic (exact) mass is 369 g/mol. The number of benzene rings is 2. The van der Waals surface area contributed by atoms with E-state index < -0.39 is 10.8 Å². The summed E-state index contributed by atoms with van der Waals surface area (Å²) < 4.78 is 5.32. The van der Waals surface area contributed by atoms with E-state index >= 15 is 0 Å². The standard InChI is InChI=1S/C18H15N3O4S/c1-11-7-8-12(21(23)24)9-14(11)17(22)20-18-19-15(10-26-18)13-5-3-4-6-16(13)25-2/h3-10H,1-2H3,(H,19,20,22). The number of nitrogens with zero attached hydrogens (tertiary/aromatic N) is 2. The molecule has 132 valence electrons. The molecular weight excluding hydrogens is 354 g/mol. The third kappa shape index (κ3) is 3.55. The Morgan fingerprint density at radius 1 is 1.27 bits per heavy atom. The predicted molar refractivity (Wildman–Crippen MR) is 99.9 cm³/mol. The van der Waals surface area contributed by atoms with Crippen LogP contribution in [0, 0.1) is 17.0 Å². The zero-order valence-electron chi connectivity index (χ0n) is 14.1. The maximum Gasteiger partial charge on any atom is 0.270 e. The molecule has 0 spiro atoms. The van der Waals surface area contributed by atoms with Gasteiger partial charge in [-0.3, -0.25) is 20.2 Å². The van der Waals surface area contributed by atoms with Crippen LogP contribution in [-0.2, 0) is 0 Å². The first kappa shape index (κ1) is 17.6. The van der Waals surface area contributed by atoms with E-state index in [9.17, 15) is 14.9 Å². The first-order valence-corrected chi connectivity index (χ1v) is 8.53. The number of non-ortho nitro benzene ring substituents is 1. The fraction of sp³-hybridized carbons (Fsp3) is 0.111. The molecule has 0 aliphatic rings. The first-order valence-electron chi connectivity index (χ1n) is 7.65. The lowest BCUT2D eigenvalue weighted by atomic mass is 10.1. The van der Waals surface area contributed by atoms with Gasteiger partial charge in [0.1, 0.15) is 5.75 Å². The molecule has 0 saturated carbocycles. The Kier molecular flexibility index (Phi) is 4.94. The fourth-order valence-corrected chi connectivity index (χ4v) is 3.15. The van der Waals surface area contributed by atoms with Gasteiger partial charge < -0.3 is 4.74 Å². The number of nitrogens with one attached hydrogen (secondary N) is 1. The minimum absolute atomic E-state index is 0.130. The number of hydrogen-bond donors (Lipinski definition) is 1. The average Bonchev–Trinajstić information content (AvgIpc) is 3.10. The lowest BCUT2D eigenvalue weighted by Gasteiger charge is -2.06. The molecule has 0 aliphatic carbocycles. The van der Waals surface area contributed by atoms with Crippen LogP contribution in [0.4, 0.5) is 10.8 Å². The molecule has 1 heterocycles. The Morgan fingerprint density at radius 3 is 2.77 bits per heavy atom. The number of nitro benzene ring substituents is 1. The van der Waals surface area contributed by atoms with E-state index in [1.54, 1.807) is 20.1 Å². The van der Waals surface area contributed by atoms with Gasteiger partial charge in [0.15, 0.2) is 5.13 Å². The highest BCUT2D eigenvalue weighted by Crippen LogP contribution is 2.32. The molecular formula is C18H15N3O4S. The Hall–Kier alpha value is -3.26. The van der Waals surface area contributed by atoms with Crippen LogP contribution < -0.4 is 10.1 Å². The van der Waals surface area contributed by atoms with Gasteiger partial charge in [-0.1, -0.05) is 18.2 Å². The van der Waals surface area contributed by atoms with Crippen molar-refractivity contribution in [3.8, 4) is 17.0 Å². The second kappa shape index (κ2) is 7.32. The lowest BCUT2D eigenvalue weighted by Crippen LogP contribution is -2.13. The SMILES string of the molecule is COc1ccccc1-c1csc(NC(=O)c2cc([N+](=O)[O-])ccc2C)n1. The second-order valence-corrected chi connectivity index (χ2v) is 6.31. The van der Waals surface area contributed by atoms with Crippen molar-refractivity contribution in [2.24, 2.45) is 0 Å². The predicted octanol–water partition coefficient (Wildman–Crippen LogP) is 4.29. The van der Waals surface area contributed by atoms with Gasteiger partial charge in [0.25, 0.3) is 11.6 Å². The minimum atomic E-state index is -0.528. The lowest BCUT2D eigenvalue weighted by molar-refractivity contribution is -0.384. The number of rotatable bonds is 5. The molecule has 7 nitrogen and oxygen atoms in total. The average molecular weight is 369 g/mol. The summed E-state index contributed by atoms with van der Waals surface area (Å²) in [5.74, 6) is 0.248. The Labute approximate surface area is 153 Å². The summed E-state index contributed by atoms with van der Waals surface area (Å²) >= 11 is 1.27. The number of carbonyl (C=O) groups excluding carboxylic acids is 1. The summed E-state index contributed by atoms with van der Waals surface area (Å²) in [6.45, 7) is 1.72. The molecule has 3 aromatic rings. The van der Waals surface area contributed by atoms with Crippen molar-refractivity contribution in [1.29, 1.82) is 0 Å². The van der Waals surface area contributed by atoms with Crippen LogP contribution in [0.25, 0.3) is 11.3 Å². The van der Waals surface area contributed by atoms with Crippen LogP contribution in [0.2, 0.25) is 0 Å². The number of carbonyl (C=O) groups is 1. The van der Waals surface area contributed by atoms with Crippen LogP contribution in [-0.4, -0.2) is 22.9 Å². The normalized spacial score (nSPS) is 10.4. The zero-order valence-corrected chi connectivity index (χ0v) is 14.9. The van der Waals surface area contributed by atoms with Gasteiger partial charge in [-0.2, -0.15) is 0 Å². The summed E-state index contributed by atoms with van der Waals surface area (Å²) in [6, 6.07) is 11.6. The van der Waals surface area contributed by atoms with Crippen LogP contribution in [0.5, 0.6) is 5.75 Å². The first-order chi connectivity index (χ1) is 12.5. The Balaban J connectivity index is 1.85. The quantitative estimate of drug-likeness (QED) is 0.535. The van der Waals surface area contributed by atoms with Crippen LogP contribution in [0.1, 0.15) is 15.9 Å². The van der Waals surface area contributed by atoms with Crippen molar-refractivity contribution >= 4 is 28.1 Å². The molecule has 26 heavy (non-hydrogen) atoms. The smallest absolute Gasteiger partial charge is 0.270 e. The third-order valence-corrected chi connectivity index (χ3v) is 4.54. The number of anilines is 1. The number of thiazole rings is 1. The van der Waals surface area contributed by atoms with Gasteiger partial charge in [-0.15, -0.1) is 11.3 Å². The summed E-state index contributed by atoms with van der Waals surface area (Å²) in [5, 5.41) is 15.8. The second-order valence-electron chi connectivity index (χ2n) is 5.45. The van der Waals surface area contributed by atoms with Gasteiger partial charge in [-0.25, -0.2) is 4.98 Å². The van der Waals surface area contributed by atoms with Gasteiger partial charge in [0.05, 0.1) is 17.7 Å². The van der Waals surface area contributed by atoms with E-state index in [0.29, 0.717) is 22.1 Å². The number of amides is 1. The largest absolute Gasteiger partial charge is 0.496 e. The van der Waals surface area contributed by atoms with Gasteiger partial charge in [0, 0.05) is 28.6 Å². The molecule has 8 heteroatoms. The molecule has 0 radical (unpaired) electrons. The van der Waals surface area contributed by atoms with Crippen molar-refractivity contribution in [3.63, 3.8) is 0 Å². The summed E-state index contributed by atoms with van der Waals surface area (Å²) in [5.41, 5.74) is 2.26. The summed E-state index contributed by atoms with van der Waals surface area (Å²) in [6.07, 6.45) is 0. The van der Waals surface area contributed by atoms with Crippen molar-refractivity contribution < 1.29 is 14.5 Å². The maximum atomic E-state index is 12.5. The molecule has 0 bridgehead atoms. The van der Waals surface area contributed by atoms with Crippen molar-refractivity contribution in [1.82, 2.24) is 4.98 Å². The molecule has 1 amide bonds. The van der Waals surface area contributed by atoms with Gasteiger partial charge in [-0.05, 0) is 24.6 Å². The minimum Gasteiger partial charge on any atom is -0.496 e. The van der Waals surface area contributed by atoms with E-state index in [0.717, 1.165) is 5.56 Å². The number of ether oxygens (including phenoxy) is 1. The van der Waals surface area contributed by atoms with Crippen LogP contribution in [0.15, 0.2) is 47.8 Å².